The summed E-state index contributed by atoms with van der Waals surface area (Å²) in [6, 6.07) is 24.2. The summed E-state index contributed by atoms with van der Waals surface area (Å²) in [5.41, 5.74) is 9.74. The fourth-order valence-corrected chi connectivity index (χ4v) is 3.21. The molecule has 0 radical (unpaired) electrons. The molecule has 1 aliphatic carbocycles. The van der Waals surface area contributed by atoms with Crippen LogP contribution in [0.25, 0.3) is 22.3 Å². The van der Waals surface area contributed by atoms with Crippen LogP contribution in [0.1, 0.15) is 16.7 Å². The zero-order valence-corrected chi connectivity index (χ0v) is 11.6. The lowest BCUT2D eigenvalue weighted by Gasteiger charge is -2.10. The van der Waals surface area contributed by atoms with Crippen molar-refractivity contribution < 1.29 is 0 Å². The number of fused-ring (bicyclic) bond motifs is 3. The molecule has 0 heterocycles. The maximum Gasteiger partial charge on any atom is -0.00132 e. The van der Waals surface area contributed by atoms with Gasteiger partial charge in [-0.15, -0.1) is 0 Å². The van der Waals surface area contributed by atoms with Crippen LogP contribution in [0.15, 0.2) is 66.7 Å². The highest BCUT2D eigenvalue weighted by Gasteiger charge is 2.21. The molecule has 96 valence electrons. The molecule has 0 amide bonds. The summed E-state index contributed by atoms with van der Waals surface area (Å²) in [7, 11) is 0. The van der Waals surface area contributed by atoms with Crippen molar-refractivity contribution in [3.8, 4) is 22.3 Å². The first kappa shape index (κ1) is 11.5. The lowest BCUT2D eigenvalue weighted by Crippen LogP contribution is -1.85. The SMILES string of the molecule is Cc1ccc2c(c1)-c1c(cccc1-c1ccccc1)C2. The predicted molar refractivity (Wildman–Crippen MR) is 84.9 cm³/mol. The van der Waals surface area contributed by atoms with Crippen molar-refractivity contribution >= 4 is 0 Å². The zero-order chi connectivity index (χ0) is 13.5. The maximum atomic E-state index is 2.33. The average molecular weight is 256 g/mol. The van der Waals surface area contributed by atoms with E-state index in [0.29, 0.717) is 0 Å². The van der Waals surface area contributed by atoms with Crippen LogP contribution in [0.3, 0.4) is 0 Å². The summed E-state index contributed by atoms with van der Waals surface area (Å²) >= 11 is 0. The molecule has 0 unspecified atom stereocenters. The third-order valence-electron chi connectivity index (χ3n) is 4.15. The van der Waals surface area contributed by atoms with Gasteiger partial charge in [-0.2, -0.15) is 0 Å². The summed E-state index contributed by atoms with van der Waals surface area (Å²) in [6.07, 6.45) is 1.06. The first-order valence-corrected chi connectivity index (χ1v) is 7.10. The van der Waals surface area contributed by atoms with E-state index >= 15 is 0 Å². The molecule has 0 N–H and O–H groups in total. The van der Waals surface area contributed by atoms with Gasteiger partial charge in [0.25, 0.3) is 0 Å². The Kier molecular flexibility index (Phi) is 2.50. The van der Waals surface area contributed by atoms with Crippen molar-refractivity contribution in [2.75, 3.05) is 0 Å². The molecule has 0 saturated carbocycles. The molecule has 3 aromatic rings. The van der Waals surface area contributed by atoms with E-state index in [1.54, 1.807) is 0 Å². The number of rotatable bonds is 1. The minimum atomic E-state index is 1.06. The minimum Gasteiger partial charge on any atom is -0.0622 e. The van der Waals surface area contributed by atoms with Crippen LogP contribution in [0.5, 0.6) is 0 Å². The molecule has 1 aliphatic rings. The minimum absolute atomic E-state index is 1.06. The molecule has 20 heavy (non-hydrogen) atoms. The molecular weight excluding hydrogens is 240 g/mol. The topological polar surface area (TPSA) is 0 Å². The van der Waals surface area contributed by atoms with E-state index in [-0.39, 0.29) is 0 Å². The first-order valence-electron chi connectivity index (χ1n) is 7.10. The number of hydrogen-bond acceptors (Lipinski definition) is 0. The fraction of sp³-hybridized carbons (Fsp3) is 0.100. The van der Waals surface area contributed by atoms with E-state index in [1.807, 2.05) is 0 Å². The molecule has 0 bridgehead atoms. The molecule has 0 spiro atoms. The molecule has 0 heteroatoms. The van der Waals surface area contributed by atoms with Crippen LogP contribution < -0.4 is 0 Å². The zero-order valence-electron chi connectivity index (χ0n) is 11.6. The predicted octanol–water partition coefficient (Wildman–Crippen LogP) is 5.23. The summed E-state index contributed by atoms with van der Waals surface area (Å²) in [5.74, 6) is 0. The second-order valence-electron chi connectivity index (χ2n) is 5.54. The molecule has 0 aromatic heterocycles. The van der Waals surface area contributed by atoms with Crippen molar-refractivity contribution in [1.82, 2.24) is 0 Å². The van der Waals surface area contributed by atoms with Gasteiger partial charge < -0.3 is 0 Å². The largest absolute Gasteiger partial charge is 0.0622 e. The van der Waals surface area contributed by atoms with E-state index in [4.69, 9.17) is 0 Å². The molecular formula is C20H16. The summed E-state index contributed by atoms with van der Waals surface area (Å²) in [4.78, 5) is 0. The number of hydrogen-bond donors (Lipinski definition) is 0. The van der Waals surface area contributed by atoms with Gasteiger partial charge in [-0.1, -0.05) is 72.3 Å². The van der Waals surface area contributed by atoms with Crippen molar-refractivity contribution in [3.63, 3.8) is 0 Å². The van der Waals surface area contributed by atoms with Crippen molar-refractivity contribution in [1.29, 1.82) is 0 Å². The highest BCUT2D eigenvalue weighted by Crippen LogP contribution is 2.43. The Hall–Kier alpha value is -2.34. The van der Waals surface area contributed by atoms with Crippen molar-refractivity contribution in [3.05, 3.63) is 83.4 Å². The third-order valence-corrected chi connectivity index (χ3v) is 4.15. The van der Waals surface area contributed by atoms with Gasteiger partial charge in [0.2, 0.25) is 0 Å². The van der Waals surface area contributed by atoms with Crippen LogP contribution in [0.2, 0.25) is 0 Å². The second kappa shape index (κ2) is 4.35. The molecule has 3 aromatic carbocycles. The summed E-state index contributed by atoms with van der Waals surface area (Å²) in [6.45, 7) is 2.17. The lowest BCUT2D eigenvalue weighted by molar-refractivity contribution is 1.26. The monoisotopic (exact) mass is 256 g/mol. The molecule has 0 saturated heterocycles. The van der Waals surface area contributed by atoms with Gasteiger partial charge in [-0.3, -0.25) is 0 Å². The lowest BCUT2D eigenvalue weighted by atomic mass is 9.94. The Morgan fingerprint density at radius 2 is 1.55 bits per heavy atom. The van der Waals surface area contributed by atoms with Crippen LogP contribution in [-0.2, 0) is 6.42 Å². The highest BCUT2D eigenvalue weighted by molar-refractivity contribution is 5.90. The molecule has 0 aliphatic heterocycles. The van der Waals surface area contributed by atoms with Crippen LogP contribution in [0, 0.1) is 6.92 Å². The van der Waals surface area contributed by atoms with E-state index in [1.165, 1.54) is 38.9 Å². The van der Waals surface area contributed by atoms with Gasteiger partial charge >= 0.3 is 0 Å². The quantitative estimate of drug-likeness (QED) is 0.437. The Bertz CT molecular complexity index is 782. The Balaban J connectivity index is 2.01. The van der Waals surface area contributed by atoms with Gasteiger partial charge in [-0.25, -0.2) is 0 Å². The summed E-state index contributed by atoms with van der Waals surface area (Å²) in [5, 5.41) is 0. The van der Waals surface area contributed by atoms with Gasteiger partial charge in [0, 0.05) is 0 Å². The number of aryl methyl sites for hydroxylation is 1. The molecule has 0 nitrogen and oxygen atoms in total. The van der Waals surface area contributed by atoms with Gasteiger partial charge in [-0.05, 0) is 46.7 Å². The smallest absolute Gasteiger partial charge is 0.00132 e. The second-order valence-corrected chi connectivity index (χ2v) is 5.54. The summed E-state index contributed by atoms with van der Waals surface area (Å²) < 4.78 is 0. The Morgan fingerprint density at radius 3 is 2.40 bits per heavy atom. The van der Waals surface area contributed by atoms with E-state index in [9.17, 15) is 0 Å². The maximum absolute atomic E-state index is 2.33. The Morgan fingerprint density at radius 1 is 0.700 bits per heavy atom. The van der Waals surface area contributed by atoms with Gasteiger partial charge in [0.15, 0.2) is 0 Å². The highest BCUT2D eigenvalue weighted by atomic mass is 14.2. The third kappa shape index (κ3) is 1.69. The normalized spacial score (nSPS) is 12.1. The van der Waals surface area contributed by atoms with E-state index in [2.05, 4.69) is 73.7 Å². The first-order chi connectivity index (χ1) is 9.83. The molecule has 0 fully saturated rings. The Labute approximate surface area is 119 Å². The van der Waals surface area contributed by atoms with Crippen molar-refractivity contribution in [2.45, 2.75) is 13.3 Å². The average Bonchev–Trinajstić information content (AvgIpc) is 2.86. The number of benzene rings is 3. The van der Waals surface area contributed by atoms with Crippen molar-refractivity contribution in [2.24, 2.45) is 0 Å². The van der Waals surface area contributed by atoms with Crippen LogP contribution in [-0.4, -0.2) is 0 Å². The molecule has 0 atom stereocenters. The van der Waals surface area contributed by atoms with Gasteiger partial charge in [0.05, 0.1) is 0 Å². The van der Waals surface area contributed by atoms with Crippen LogP contribution >= 0.6 is 0 Å². The van der Waals surface area contributed by atoms with E-state index in [0.717, 1.165) is 6.42 Å². The van der Waals surface area contributed by atoms with Crippen LogP contribution in [0.4, 0.5) is 0 Å². The van der Waals surface area contributed by atoms with Gasteiger partial charge in [0.1, 0.15) is 0 Å². The standard InChI is InChI=1S/C20H16/c1-14-10-11-16-13-17-8-5-9-18(20(17)19(16)12-14)15-6-3-2-4-7-15/h2-12H,13H2,1H3. The molecule has 4 rings (SSSR count). The van der Waals surface area contributed by atoms with E-state index < -0.39 is 0 Å². The fourth-order valence-electron chi connectivity index (χ4n) is 3.21.